The average Bonchev–Trinajstić information content (AvgIpc) is 3.20. The molecule has 2 aliphatic rings. The van der Waals surface area contributed by atoms with Crippen LogP contribution in [0.15, 0.2) is 42.5 Å². The highest BCUT2D eigenvalue weighted by molar-refractivity contribution is 5.98. The highest BCUT2D eigenvalue weighted by Crippen LogP contribution is 2.35. The summed E-state index contributed by atoms with van der Waals surface area (Å²) >= 11 is 0. The minimum absolute atomic E-state index is 0.130. The average molecular weight is 656 g/mol. The van der Waals surface area contributed by atoms with Gasteiger partial charge in [0.2, 0.25) is 0 Å². The molecule has 47 heavy (non-hydrogen) atoms. The number of hydrogen-bond acceptors (Lipinski definition) is 9. The number of carbonyl (C=O) groups is 2. The quantitative estimate of drug-likeness (QED) is 0.232. The molecular formula is C35H49N3O9. The molecule has 0 saturated carbocycles. The van der Waals surface area contributed by atoms with Crippen LogP contribution in [0.1, 0.15) is 69.8 Å². The topological polar surface area (TPSA) is 130 Å². The van der Waals surface area contributed by atoms with Gasteiger partial charge in [0.25, 0.3) is 11.6 Å². The maximum absolute atomic E-state index is 14.5. The van der Waals surface area contributed by atoms with Crippen LogP contribution in [0, 0.1) is 22.0 Å². The molecule has 2 aromatic carbocycles. The first kappa shape index (κ1) is 35.9. The molecule has 1 saturated heterocycles. The second-order valence-corrected chi connectivity index (χ2v) is 13.7. The van der Waals surface area contributed by atoms with E-state index in [0.29, 0.717) is 25.5 Å². The lowest BCUT2D eigenvalue weighted by Gasteiger charge is -2.37. The molecule has 0 aliphatic carbocycles. The number of methoxy groups -OCH3 is 1. The molecule has 1 fully saturated rings. The largest absolute Gasteiger partial charge is 0.497 e. The molecule has 2 bridgehead atoms. The van der Waals surface area contributed by atoms with E-state index in [4.69, 9.17) is 23.7 Å². The number of benzene rings is 2. The van der Waals surface area contributed by atoms with Gasteiger partial charge >= 0.3 is 6.09 Å². The van der Waals surface area contributed by atoms with E-state index in [2.05, 4.69) is 0 Å². The fraction of sp³-hybridized carbons (Fsp3) is 0.600. The number of non-ortho nitro benzene ring substituents is 1. The van der Waals surface area contributed by atoms with Crippen LogP contribution in [-0.4, -0.2) is 91.0 Å². The zero-order valence-electron chi connectivity index (χ0n) is 28.6. The summed E-state index contributed by atoms with van der Waals surface area (Å²) in [5, 5.41) is 11.7. The normalized spacial score (nSPS) is 22.5. The fourth-order valence-electron chi connectivity index (χ4n) is 6.18. The van der Waals surface area contributed by atoms with Gasteiger partial charge in [-0.25, -0.2) is 4.79 Å². The van der Waals surface area contributed by atoms with Crippen molar-refractivity contribution in [3.8, 4) is 11.5 Å². The van der Waals surface area contributed by atoms with Gasteiger partial charge in [-0.3, -0.25) is 14.9 Å². The summed E-state index contributed by atoms with van der Waals surface area (Å²) in [4.78, 5) is 41.9. The summed E-state index contributed by atoms with van der Waals surface area (Å²) in [7, 11) is 3.30. The standard InChI is InChI=1S/C35H49N3O9/c1-23(21-44-22-25-8-11-29(43-7)12-9-25)37-19-27-17-26(14-15-45-32(27)20-36(6)34(40)47-35(3,4)5)16-24(2)46-31-13-10-28(38(41)42)18-30(31)33(37)39/h8-13,18,23-24,26-27,32H,14-17,19-22H2,1-7H3/t23-,24?,26?,27+,32-/m0/s1. The smallest absolute Gasteiger partial charge is 0.410 e. The monoisotopic (exact) mass is 655 g/mol. The Morgan fingerprint density at radius 1 is 1.17 bits per heavy atom. The Kier molecular flexibility index (Phi) is 12.1. The van der Waals surface area contributed by atoms with Crippen molar-refractivity contribution in [2.45, 2.75) is 84.3 Å². The van der Waals surface area contributed by atoms with Crippen molar-refractivity contribution < 1.29 is 38.2 Å². The molecule has 0 aromatic heterocycles. The molecule has 258 valence electrons. The Morgan fingerprint density at radius 3 is 2.55 bits per heavy atom. The number of rotatable bonds is 9. The van der Waals surface area contributed by atoms with Crippen molar-refractivity contribution in [2.75, 3.05) is 40.5 Å². The van der Waals surface area contributed by atoms with Crippen LogP contribution in [0.4, 0.5) is 10.5 Å². The number of amides is 2. The maximum atomic E-state index is 14.5. The Hall–Kier alpha value is -3.90. The van der Waals surface area contributed by atoms with E-state index in [-0.39, 0.29) is 48.4 Å². The summed E-state index contributed by atoms with van der Waals surface area (Å²) in [5.41, 5.74) is 0.245. The zero-order valence-corrected chi connectivity index (χ0v) is 28.6. The van der Waals surface area contributed by atoms with E-state index in [0.717, 1.165) is 30.6 Å². The number of likely N-dealkylation sites (N-methyl/N-ethyl adjacent to an activating group) is 1. The van der Waals surface area contributed by atoms with E-state index in [1.807, 2.05) is 58.9 Å². The molecular weight excluding hydrogens is 606 g/mol. The number of carbonyl (C=O) groups excluding carboxylic acids is 2. The Balaban J connectivity index is 1.65. The van der Waals surface area contributed by atoms with Gasteiger partial charge in [-0.15, -0.1) is 0 Å². The molecule has 2 amide bonds. The third kappa shape index (κ3) is 10.0. The lowest BCUT2D eigenvalue weighted by Crippen LogP contribution is -2.49. The van der Waals surface area contributed by atoms with Crippen molar-refractivity contribution in [1.82, 2.24) is 9.80 Å². The molecule has 0 spiro atoms. The first-order valence-corrected chi connectivity index (χ1v) is 16.3. The van der Waals surface area contributed by atoms with Gasteiger partial charge in [-0.2, -0.15) is 0 Å². The van der Waals surface area contributed by atoms with Crippen molar-refractivity contribution in [3.63, 3.8) is 0 Å². The summed E-state index contributed by atoms with van der Waals surface area (Å²) < 4.78 is 29.7. The maximum Gasteiger partial charge on any atom is 0.410 e. The number of fused-ring (bicyclic) bond motifs is 3. The zero-order chi connectivity index (χ0) is 34.3. The summed E-state index contributed by atoms with van der Waals surface area (Å²) in [6.07, 6.45) is 1.21. The van der Waals surface area contributed by atoms with E-state index < -0.39 is 28.6 Å². The fourth-order valence-corrected chi connectivity index (χ4v) is 6.18. The van der Waals surface area contributed by atoms with E-state index in [9.17, 15) is 19.7 Å². The van der Waals surface area contributed by atoms with Crippen LogP contribution in [0.25, 0.3) is 0 Å². The highest BCUT2D eigenvalue weighted by Gasteiger charge is 2.37. The van der Waals surface area contributed by atoms with Crippen LogP contribution in [-0.2, 0) is 20.8 Å². The molecule has 2 aliphatic heterocycles. The van der Waals surface area contributed by atoms with Crippen molar-refractivity contribution in [1.29, 1.82) is 0 Å². The Bertz CT molecular complexity index is 1380. The summed E-state index contributed by atoms with van der Waals surface area (Å²) in [6.45, 7) is 11.0. The third-order valence-corrected chi connectivity index (χ3v) is 8.59. The molecule has 12 nitrogen and oxygen atoms in total. The molecule has 0 N–H and O–H groups in total. The van der Waals surface area contributed by atoms with Gasteiger partial charge in [0.1, 0.15) is 17.1 Å². The third-order valence-electron chi connectivity index (χ3n) is 8.59. The Morgan fingerprint density at radius 2 is 1.89 bits per heavy atom. The second-order valence-electron chi connectivity index (χ2n) is 13.7. The summed E-state index contributed by atoms with van der Waals surface area (Å²) in [5.74, 6) is 0.767. The van der Waals surface area contributed by atoms with Gasteiger partial charge in [0.05, 0.1) is 55.6 Å². The summed E-state index contributed by atoms with van der Waals surface area (Å²) in [6, 6.07) is 11.3. The van der Waals surface area contributed by atoms with Crippen LogP contribution in [0.2, 0.25) is 0 Å². The van der Waals surface area contributed by atoms with Crippen LogP contribution < -0.4 is 9.47 Å². The molecule has 5 atom stereocenters. The number of nitro benzene ring substituents is 1. The van der Waals surface area contributed by atoms with Crippen LogP contribution in [0.3, 0.4) is 0 Å². The molecule has 12 heteroatoms. The first-order chi connectivity index (χ1) is 22.2. The highest BCUT2D eigenvalue weighted by atomic mass is 16.6. The molecule has 2 unspecified atom stereocenters. The number of nitrogens with zero attached hydrogens (tertiary/aromatic N) is 3. The van der Waals surface area contributed by atoms with E-state index in [1.54, 1.807) is 19.1 Å². The van der Waals surface area contributed by atoms with Crippen LogP contribution in [0.5, 0.6) is 11.5 Å². The van der Waals surface area contributed by atoms with Gasteiger partial charge in [-0.05, 0) is 83.6 Å². The molecule has 2 aromatic rings. The van der Waals surface area contributed by atoms with Crippen molar-refractivity contribution in [2.24, 2.45) is 11.8 Å². The molecule has 0 radical (unpaired) electrons. The number of ether oxygens (including phenoxy) is 5. The predicted octanol–water partition coefficient (Wildman–Crippen LogP) is 6.10. The van der Waals surface area contributed by atoms with Gasteiger partial charge in [0.15, 0.2) is 0 Å². The number of hydrogen-bond donors (Lipinski definition) is 0. The molecule has 2 heterocycles. The predicted molar refractivity (Wildman–Crippen MR) is 176 cm³/mol. The van der Waals surface area contributed by atoms with Crippen molar-refractivity contribution >= 4 is 17.7 Å². The van der Waals surface area contributed by atoms with Gasteiger partial charge in [0, 0.05) is 38.2 Å². The lowest BCUT2D eigenvalue weighted by molar-refractivity contribution is -0.384. The SMILES string of the molecule is COc1ccc(COC[C@H](C)N2C[C@H]3CC(CCO[C@H]3CN(C)C(=O)OC(C)(C)C)CC(C)Oc3ccc([N+](=O)[O-])cc3C2=O)cc1. The molecule has 4 rings (SSSR count). The van der Waals surface area contributed by atoms with Gasteiger partial charge in [-0.1, -0.05) is 12.1 Å². The minimum atomic E-state index is -0.647. The van der Waals surface area contributed by atoms with Crippen LogP contribution >= 0.6 is 0 Å². The lowest BCUT2D eigenvalue weighted by atomic mass is 9.85. The first-order valence-electron chi connectivity index (χ1n) is 16.3. The van der Waals surface area contributed by atoms with E-state index >= 15 is 0 Å². The Labute approximate surface area is 277 Å². The number of nitro groups is 1. The van der Waals surface area contributed by atoms with Gasteiger partial charge < -0.3 is 33.5 Å². The van der Waals surface area contributed by atoms with E-state index in [1.165, 1.54) is 23.1 Å². The second kappa shape index (κ2) is 15.8. The van der Waals surface area contributed by atoms with Crippen molar-refractivity contribution in [3.05, 3.63) is 63.7 Å². The minimum Gasteiger partial charge on any atom is -0.497 e.